The van der Waals surface area contributed by atoms with Gasteiger partial charge in [-0.3, -0.25) is 4.79 Å². The molecule has 3 rings (SSSR count). The highest BCUT2D eigenvalue weighted by Gasteiger charge is 2.37. The molecule has 1 aliphatic rings. The van der Waals surface area contributed by atoms with Crippen LogP contribution in [0, 0.1) is 5.82 Å². The third-order valence-electron chi connectivity index (χ3n) is 4.32. The van der Waals surface area contributed by atoms with Crippen molar-refractivity contribution in [3.8, 4) is 11.4 Å². The van der Waals surface area contributed by atoms with Crippen LogP contribution in [0.25, 0.3) is 5.69 Å². The average Bonchev–Trinajstić information content (AvgIpc) is 3.19. The molecule has 1 aromatic carbocycles. The monoisotopic (exact) mass is 349 g/mol. The van der Waals surface area contributed by atoms with Crippen LogP contribution in [0.5, 0.6) is 5.75 Å². The molecule has 0 spiro atoms. The second-order valence-corrected chi connectivity index (χ2v) is 5.94. The molecule has 8 heteroatoms. The number of aromatic hydroxyl groups is 1. The number of ether oxygens (including phenoxy) is 2. The summed E-state index contributed by atoms with van der Waals surface area (Å²) < 4.78 is 24.9. The fraction of sp³-hybridized carbons (Fsp3) is 0.412. The first-order chi connectivity index (χ1) is 12.0. The Morgan fingerprint density at radius 1 is 1.36 bits per heavy atom. The maximum Gasteiger partial charge on any atom is 0.278 e. The van der Waals surface area contributed by atoms with Crippen LogP contribution in [0.2, 0.25) is 0 Å². The molecule has 1 N–H and O–H groups in total. The van der Waals surface area contributed by atoms with Crippen LogP contribution in [0.15, 0.2) is 30.5 Å². The number of rotatable bonds is 5. The van der Waals surface area contributed by atoms with Crippen molar-refractivity contribution >= 4 is 5.91 Å². The topological polar surface area (TPSA) is 76.8 Å². The number of amides is 1. The number of carbonyl (C=O) groups is 1. The van der Waals surface area contributed by atoms with E-state index in [0.29, 0.717) is 25.3 Å². The molecule has 2 heterocycles. The smallest absolute Gasteiger partial charge is 0.278 e. The Labute approximate surface area is 144 Å². The van der Waals surface area contributed by atoms with Gasteiger partial charge in [0.2, 0.25) is 0 Å². The summed E-state index contributed by atoms with van der Waals surface area (Å²) >= 11 is 0. The average molecular weight is 349 g/mol. The van der Waals surface area contributed by atoms with E-state index in [-0.39, 0.29) is 35.3 Å². The molecule has 2 atom stereocenters. The van der Waals surface area contributed by atoms with Crippen LogP contribution in [0.3, 0.4) is 0 Å². The fourth-order valence-electron chi connectivity index (χ4n) is 3.02. The molecule has 0 bridgehead atoms. The summed E-state index contributed by atoms with van der Waals surface area (Å²) in [6.07, 6.45) is 1.91. The Balaban J connectivity index is 1.85. The molecule has 0 unspecified atom stereocenters. The molecule has 1 saturated heterocycles. The molecule has 2 aromatic rings. The Hall–Kier alpha value is -2.45. The second kappa shape index (κ2) is 7.20. The molecular formula is C17H20FN3O4. The normalized spacial score (nSPS) is 20.2. The van der Waals surface area contributed by atoms with E-state index >= 15 is 0 Å². The highest BCUT2D eigenvalue weighted by molar-refractivity contribution is 5.95. The van der Waals surface area contributed by atoms with Gasteiger partial charge in [0.15, 0.2) is 11.4 Å². The first-order valence-corrected chi connectivity index (χ1v) is 7.90. The van der Waals surface area contributed by atoms with E-state index in [0.717, 1.165) is 0 Å². The highest BCUT2D eigenvalue weighted by atomic mass is 19.1. The lowest BCUT2D eigenvalue weighted by atomic mass is 10.2. The molecule has 0 saturated carbocycles. The van der Waals surface area contributed by atoms with E-state index in [2.05, 4.69) is 5.10 Å². The van der Waals surface area contributed by atoms with Crippen LogP contribution < -0.4 is 0 Å². The summed E-state index contributed by atoms with van der Waals surface area (Å²) in [4.78, 5) is 14.4. The SMILES string of the molecule is COC[C@@H]1C[C@@H](OC)CN1C(=O)c1nn(-c2ccc(F)cc2)cc1O. The van der Waals surface area contributed by atoms with E-state index in [9.17, 15) is 14.3 Å². The van der Waals surface area contributed by atoms with E-state index in [4.69, 9.17) is 9.47 Å². The molecule has 0 aliphatic carbocycles. The number of nitrogens with zero attached hydrogens (tertiary/aromatic N) is 3. The van der Waals surface area contributed by atoms with Crippen LogP contribution in [0.4, 0.5) is 4.39 Å². The van der Waals surface area contributed by atoms with Crippen LogP contribution >= 0.6 is 0 Å². The Kier molecular flexibility index (Phi) is 5.00. The number of hydrogen-bond donors (Lipinski definition) is 1. The minimum absolute atomic E-state index is 0.0535. The summed E-state index contributed by atoms with van der Waals surface area (Å²) in [7, 11) is 3.17. The third kappa shape index (κ3) is 3.49. The Morgan fingerprint density at radius 3 is 2.72 bits per heavy atom. The van der Waals surface area contributed by atoms with Gasteiger partial charge in [0.1, 0.15) is 5.82 Å². The lowest BCUT2D eigenvalue weighted by Gasteiger charge is -2.22. The predicted octanol–water partition coefficient (Wildman–Crippen LogP) is 1.59. The van der Waals surface area contributed by atoms with Crippen molar-refractivity contribution in [2.45, 2.75) is 18.6 Å². The van der Waals surface area contributed by atoms with E-state index in [1.54, 1.807) is 19.1 Å². The molecule has 0 radical (unpaired) electrons. The predicted molar refractivity (Wildman–Crippen MR) is 87.3 cm³/mol. The molecule has 25 heavy (non-hydrogen) atoms. The van der Waals surface area contributed by atoms with Crippen molar-refractivity contribution in [2.75, 3.05) is 27.4 Å². The van der Waals surface area contributed by atoms with E-state index in [1.807, 2.05) is 0 Å². The summed E-state index contributed by atoms with van der Waals surface area (Å²) in [5.41, 5.74) is 0.488. The third-order valence-corrected chi connectivity index (χ3v) is 4.32. The highest BCUT2D eigenvalue weighted by Crippen LogP contribution is 2.26. The molecule has 7 nitrogen and oxygen atoms in total. The minimum atomic E-state index is -0.389. The molecule has 134 valence electrons. The molecule has 1 amide bonds. The van der Waals surface area contributed by atoms with Crippen molar-refractivity contribution < 1.29 is 23.8 Å². The van der Waals surface area contributed by atoms with Gasteiger partial charge in [0, 0.05) is 20.8 Å². The fourth-order valence-corrected chi connectivity index (χ4v) is 3.02. The van der Waals surface area contributed by atoms with Gasteiger partial charge in [-0.2, -0.15) is 5.10 Å². The first-order valence-electron chi connectivity index (χ1n) is 7.90. The number of aromatic nitrogens is 2. The number of methoxy groups -OCH3 is 2. The van der Waals surface area contributed by atoms with Gasteiger partial charge in [-0.1, -0.05) is 0 Å². The van der Waals surface area contributed by atoms with Gasteiger partial charge in [-0.15, -0.1) is 0 Å². The largest absolute Gasteiger partial charge is 0.504 e. The molecule has 1 aliphatic heterocycles. The molecule has 1 fully saturated rings. The summed E-state index contributed by atoms with van der Waals surface area (Å²) in [6, 6.07) is 5.46. The van der Waals surface area contributed by atoms with Crippen molar-refractivity contribution in [1.29, 1.82) is 0 Å². The minimum Gasteiger partial charge on any atom is -0.504 e. The molecular weight excluding hydrogens is 329 g/mol. The van der Waals surface area contributed by atoms with Crippen molar-refractivity contribution in [3.63, 3.8) is 0 Å². The summed E-state index contributed by atoms with van der Waals surface area (Å²) in [6.45, 7) is 0.789. The number of carbonyl (C=O) groups excluding carboxylic acids is 1. The number of likely N-dealkylation sites (tertiary alicyclic amines) is 1. The number of benzene rings is 1. The van der Waals surface area contributed by atoms with Gasteiger partial charge >= 0.3 is 0 Å². The van der Waals surface area contributed by atoms with Crippen LogP contribution in [-0.2, 0) is 9.47 Å². The lowest BCUT2D eigenvalue weighted by Crippen LogP contribution is -2.38. The standard InChI is InChI=1S/C17H20FN3O4/c1-24-10-13-7-14(25-2)8-20(13)17(23)16-15(22)9-21(19-16)12-5-3-11(18)4-6-12/h3-6,9,13-14,22H,7-8,10H2,1-2H3/t13-,14+/m0/s1. The Bertz CT molecular complexity index is 747. The van der Waals surface area contributed by atoms with E-state index in [1.165, 1.54) is 35.1 Å². The number of hydrogen-bond acceptors (Lipinski definition) is 5. The quantitative estimate of drug-likeness (QED) is 0.887. The van der Waals surface area contributed by atoms with Crippen molar-refractivity contribution in [3.05, 3.63) is 42.0 Å². The zero-order chi connectivity index (χ0) is 18.0. The van der Waals surface area contributed by atoms with Gasteiger partial charge in [-0.05, 0) is 30.7 Å². The van der Waals surface area contributed by atoms with Gasteiger partial charge in [0.25, 0.3) is 5.91 Å². The maximum absolute atomic E-state index is 13.0. The maximum atomic E-state index is 13.0. The Morgan fingerprint density at radius 2 is 2.08 bits per heavy atom. The summed E-state index contributed by atoms with van der Waals surface area (Å²) in [5, 5.41) is 14.3. The molecule has 1 aromatic heterocycles. The van der Waals surface area contributed by atoms with Crippen LogP contribution in [0.1, 0.15) is 16.9 Å². The van der Waals surface area contributed by atoms with E-state index < -0.39 is 0 Å². The first kappa shape index (κ1) is 17.4. The summed E-state index contributed by atoms with van der Waals surface area (Å²) in [5.74, 6) is -0.993. The lowest BCUT2D eigenvalue weighted by molar-refractivity contribution is 0.0603. The second-order valence-electron chi connectivity index (χ2n) is 5.94. The zero-order valence-corrected chi connectivity index (χ0v) is 14.1. The van der Waals surface area contributed by atoms with Gasteiger partial charge < -0.3 is 19.5 Å². The zero-order valence-electron chi connectivity index (χ0n) is 14.1. The van der Waals surface area contributed by atoms with Crippen molar-refractivity contribution in [1.82, 2.24) is 14.7 Å². The van der Waals surface area contributed by atoms with Gasteiger partial charge in [-0.25, -0.2) is 9.07 Å². The van der Waals surface area contributed by atoms with Crippen molar-refractivity contribution in [2.24, 2.45) is 0 Å². The van der Waals surface area contributed by atoms with Crippen LogP contribution in [-0.4, -0.2) is 65.2 Å². The van der Waals surface area contributed by atoms with Gasteiger partial charge in [0.05, 0.1) is 30.6 Å². The number of halogens is 1.